The number of carbonyl (C=O) groups excluding carboxylic acids is 1. The maximum atomic E-state index is 12.3. The summed E-state index contributed by atoms with van der Waals surface area (Å²) in [5.74, 6) is 0. The Labute approximate surface area is 107 Å². The van der Waals surface area contributed by atoms with Crippen molar-refractivity contribution in [2.45, 2.75) is 54.4 Å². The average molecular weight is 242 g/mol. The van der Waals surface area contributed by atoms with E-state index < -0.39 is 0 Å². The predicted molar refractivity (Wildman–Crippen MR) is 74.3 cm³/mol. The van der Waals surface area contributed by atoms with Gasteiger partial charge in [-0.1, -0.05) is 27.7 Å². The first kappa shape index (κ1) is 16.3. The molecule has 0 aromatic carbocycles. The highest BCUT2D eigenvalue weighted by Gasteiger charge is 2.20. The van der Waals surface area contributed by atoms with Gasteiger partial charge in [0.05, 0.1) is 0 Å². The van der Waals surface area contributed by atoms with Gasteiger partial charge in [0.2, 0.25) is 0 Å². The van der Waals surface area contributed by atoms with E-state index in [1.807, 2.05) is 23.6 Å². The Kier molecular flexibility index (Phi) is 7.24. The van der Waals surface area contributed by atoms with Crippen molar-refractivity contribution >= 4 is 6.03 Å². The number of urea groups is 1. The molecule has 0 aliphatic heterocycles. The van der Waals surface area contributed by atoms with Gasteiger partial charge < -0.3 is 9.80 Å². The third kappa shape index (κ3) is 6.54. The maximum absolute atomic E-state index is 12.3. The minimum absolute atomic E-state index is 0.195. The molecule has 0 bridgehead atoms. The monoisotopic (exact) mass is 242 g/mol. The van der Waals surface area contributed by atoms with E-state index in [0.29, 0.717) is 0 Å². The summed E-state index contributed by atoms with van der Waals surface area (Å²) in [4.78, 5) is 16.2. The van der Waals surface area contributed by atoms with Crippen LogP contribution in [0, 0.1) is 5.41 Å². The predicted octanol–water partition coefficient (Wildman–Crippen LogP) is 3.60. The molecule has 17 heavy (non-hydrogen) atoms. The molecule has 0 aromatic heterocycles. The SMILES string of the molecule is CCCN(CCC(C)(C)C)C(=O)N(CC)CC. The van der Waals surface area contributed by atoms with Crippen LogP contribution in [0.4, 0.5) is 4.79 Å². The molecule has 3 nitrogen and oxygen atoms in total. The molecule has 0 radical (unpaired) electrons. The van der Waals surface area contributed by atoms with Gasteiger partial charge in [0.25, 0.3) is 0 Å². The van der Waals surface area contributed by atoms with E-state index in [9.17, 15) is 4.79 Å². The van der Waals surface area contributed by atoms with Crippen LogP contribution < -0.4 is 0 Å². The van der Waals surface area contributed by atoms with E-state index in [0.717, 1.165) is 39.0 Å². The van der Waals surface area contributed by atoms with Crippen molar-refractivity contribution in [3.63, 3.8) is 0 Å². The van der Waals surface area contributed by atoms with Gasteiger partial charge in [-0.15, -0.1) is 0 Å². The highest BCUT2D eigenvalue weighted by atomic mass is 16.2. The Morgan fingerprint density at radius 2 is 1.47 bits per heavy atom. The number of amides is 2. The molecule has 3 heteroatoms. The molecule has 0 N–H and O–H groups in total. The normalized spacial score (nSPS) is 11.4. The number of hydrogen-bond acceptors (Lipinski definition) is 1. The zero-order chi connectivity index (χ0) is 13.5. The lowest BCUT2D eigenvalue weighted by molar-refractivity contribution is 0.150. The average Bonchev–Trinajstić information content (AvgIpc) is 2.24. The summed E-state index contributed by atoms with van der Waals surface area (Å²) in [6, 6.07) is 0.195. The maximum Gasteiger partial charge on any atom is 0.319 e. The zero-order valence-corrected chi connectivity index (χ0v) is 12.5. The molecule has 0 fully saturated rings. The zero-order valence-electron chi connectivity index (χ0n) is 12.5. The summed E-state index contributed by atoms with van der Waals surface area (Å²) < 4.78 is 0. The molecule has 0 aromatic rings. The number of carbonyl (C=O) groups is 1. The Morgan fingerprint density at radius 3 is 1.82 bits per heavy atom. The summed E-state index contributed by atoms with van der Waals surface area (Å²) in [6.45, 7) is 16.2. The number of hydrogen-bond donors (Lipinski definition) is 0. The first-order valence-electron chi connectivity index (χ1n) is 6.89. The highest BCUT2D eigenvalue weighted by Crippen LogP contribution is 2.19. The third-order valence-electron chi connectivity index (χ3n) is 2.93. The minimum Gasteiger partial charge on any atom is -0.325 e. The summed E-state index contributed by atoms with van der Waals surface area (Å²) in [5.41, 5.74) is 0.287. The first-order chi connectivity index (χ1) is 7.85. The molecule has 0 saturated carbocycles. The van der Waals surface area contributed by atoms with Gasteiger partial charge in [0.15, 0.2) is 0 Å². The van der Waals surface area contributed by atoms with Crippen LogP contribution in [0.2, 0.25) is 0 Å². The van der Waals surface area contributed by atoms with E-state index in [2.05, 4.69) is 27.7 Å². The van der Waals surface area contributed by atoms with Crippen LogP contribution >= 0.6 is 0 Å². The molecule has 0 aliphatic rings. The van der Waals surface area contributed by atoms with E-state index in [1.165, 1.54) is 0 Å². The fourth-order valence-electron chi connectivity index (χ4n) is 1.74. The summed E-state index contributed by atoms with van der Waals surface area (Å²) in [6.07, 6.45) is 2.08. The lowest BCUT2D eigenvalue weighted by atomic mass is 9.92. The fourth-order valence-corrected chi connectivity index (χ4v) is 1.74. The second-order valence-corrected chi connectivity index (χ2v) is 5.75. The topological polar surface area (TPSA) is 23.6 Å². The molecule has 0 atom stereocenters. The Hall–Kier alpha value is -0.730. The molecule has 102 valence electrons. The summed E-state index contributed by atoms with van der Waals surface area (Å²) in [7, 11) is 0. The van der Waals surface area contributed by atoms with Crippen LogP contribution in [0.5, 0.6) is 0 Å². The van der Waals surface area contributed by atoms with E-state index in [-0.39, 0.29) is 11.4 Å². The van der Waals surface area contributed by atoms with Crippen molar-refractivity contribution in [1.29, 1.82) is 0 Å². The lowest BCUT2D eigenvalue weighted by Gasteiger charge is -2.31. The van der Waals surface area contributed by atoms with Crippen LogP contribution in [-0.2, 0) is 0 Å². The Bertz CT molecular complexity index is 217. The lowest BCUT2D eigenvalue weighted by Crippen LogP contribution is -2.44. The van der Waals surface area contributed by atoms with Crippen LogP contribution in [0.25, 0.3) is 0 Å². The largest absolute Gasteiger partial charge is 0.325 e. The molecule has 0 saturated heterocycles. The van der Waals surface area contributed by atoms with Gasteiger partial charge in [-0.2, -0.15) is 0 Å². The van der Waals surface area contributed by atoms with Crippen molar-refractivity contribution in [1.82, 2.24) is 9.80 Å². The van der Waals surface area contributed by atoms with Crippen LogP contribution in [-0.4, -0.2) is 42.0 Å². The molecule has 0 spiro atoms. The molecular weight excluding hydrogens is 212 g/mol. The van der Waals surface area contributed by atoms with Gasteiger partial charge in [-0.25, -0.2) is 4.79 Å². The quantitative estimate of drug-likeness (QED) is 0.698. The van der Waals surface area contributed by atoms with E-state index >= 15 is 0 Å². The van der Waals surface area contributed by atoms with Crippen LogP contribution in [0.1, 0.15) is 54.4 Å². The van der Waals surface area contributed by atoms with Crippen LogP contribution in [0.15, 0.2) is 0 Å². The van der Waals surface area contributed by atoms with Crippen molar-refractivity contribution in [3.8, 4) is 0 Å². The van der Waals surface area contributed by atoms with Gasteiger partial charge in [-0.3, -0.25) is 0 Å². The second-order valence-electron chi connectivity index (χ2n) is 5.75. The molecule has 0 aliphatic carbocycles. The number of nitrogens with zero attached hydrogens (tertiary/aromatic N) is 2. The molecular formula is C14H30N2O. The summed E-state index contributed by atoms with van der Waals surface area (Å²) in [5, 5.41) is 0. The first-order valence-corrected chi connectivity index (χ1v) is 6.89. The fraction of sp³-hybridized carbons (Fsp3) is 0.929. The molecule has 0 unspecified atom stereocenters. The van der Waals surface area contributed by atoms with Crippen molar-refractivity contribution in [2.75, 3.05) is 26.2 Å². The van der Waals surface area contributed by atoms with Gasteiger partial charge >= 0.3 is 6.03 Å². The van der Waals surface area contributed by atoms with Gasteiger partial charge in [0.1, 0.15) is 0 Å². The smallest absolute Gasteiger partial charge is 0.319 e. The second kappa shape index (κ2) is 7.57. The van der Waals surface area contributed by atoms with Gasteiger partial charge in [0, 0.05) is 26.2 Å². The van der Waals surface area contributed by atoms with Crippen molar-refractivity contribution in [3.05, 3.63) is 0 Å². The van der Waals surface area contributed by atoms with Crippen LogP contribution in [0.3, 0.4) is 0 Å². The Morgan fingerprint density at radius 1 is 0.941 bits per heavy atom. The minimum atomic E-state index is 0.195. The van der Waals surface area contributed by atoms with Crippen molar-refractivity contribution in [2.24, 2.45) is 5.41 Å². The molecule has 0 heterocycles. The molecule has 2 amide bonds. The van der Waals surface area contributed by atoms with Gasteiger partial charge in [-0.05, 0) is 32.1 Å². The van der Waals surface area contributed by atoms with E-state index in [4.69, 9.17) is 0 Å². The van der Waals surface area contributed by atoms with Crippen molar-refractivity contribution < 1.29 is 4.79 Å². The Balaban J connectivity index is 4.45. The standard InChI is InChI=1S/C14H30N2O/c1-7-11-16(12-10-14(4,5)6)13(17)15(8-2)9-3/h7-12H2,1-6H3. The third-order valence-corrected chi connectivity index (χ3v) is 2.93. The number of rotatable bonds is 6. The van der Waals surface area contributed by atoms with E-state index in [1.54, 1.807) is 0 Å². The summed E-state index contributed by atoms with van der Waals surface area (Å²) >= 11 is 0. The molecule has 0 rings (SSSR count). The highest BCUT2D eigenvalue weighted by molar-refractivity contribution is 5.74.